The third-order valence-electron chi connectivity index (χ3n) is 13.1. The van der Waals surface area contributed by atoms with E-state index in [1.165, 1.54) is 44.9 Å². The Morgan fingerprint density at radius 2 is 1.51 bits per heavy atom. The third kappa shape index (κ3) is 3.63. The van der Waals surface area contributed by atoms with E-state index in [1.807, 2.05) is 0 Å². The van der Waals surface area contributed by atoms with Crippen molar-refractivity contribution < 1.29 is 14.6 Å². The number of aliphatic hydroxyl groups is 1. The summed E-state index contributed by atoms with van der Waals surface area (Å²) in [6, 6.07) is 0. The van der Waals surface area contributed by atoms with Crippen molar-refractivity contribution >= 4 is 5.97 Å². The van der Waals surface area contributed by atoms with E-state index in [4.69, 9.17) is 4.74 Å². The molecule has 0 heterocycles. The van der Waals surface area contributed by atoms with E-state index in [2.05, 4.69) is 54.5 Å². The molecule has 0 radical (unpaired) electrons. The molecule has 0 unspecified atom stereocenters. The van der Waals surface area contributed by atoms with Crippen LogP contribution in [0.4, 0.5) is 0 Å². The van der Waals surface area contributed by atoms with E-state index in [9.17, 15) is 9.90 Å². The average Bonchev–Trinajstić information content (AvgIpc) is 2.90. The largest absolute Gasteiger partial charge is 0.462 e. The first-order valence-electron chi connectivity index (χ1n) is 14.7. The number of carbonyl (C=O) groups is 1. The van der Waals surface area contributed by atoms with Gasteiger partial charge in [-0.25, -0.2) is 0 Å². The lowest BCUT2D eigenvalue weighted by Crippen LogP contribution is -2.59. The van der Waals surface area contributed by atoms with Gasteiger partial charge in [0.2, 0.25) is 0 Å². The summed E-state index contributed by atoms with van der Waals surface area (Å²) in [5.74, 6) is 2.44. The molecule has 0 amide bonds. The number of carbonyl (C=O) groups excluding carboxylic acids is 1. The van der Waals surface area contributed by atoms with E-state index in [1.54, 1.807) is 12.5 Å². The predicted molar refractivity (Wildman–Crippen MR) is 142 cm³/mol. The SMILES string of the molecule is CC(=O)O[C@H]1CC[C@@]2(C)[C@@H](CC[C@@]3(C)CC4=CC[C@H]5C(C)(C)[C@H](O)CC[C@]5(C)[C@H]4CC[C@@H]32)C1(C)C. The van der Waals surface area contributed by atoms with Crippen LogP contribution in [-0.4, -0.2) is 23.3 Å². The van der Waals surface area contributed by atoms with E-state index in [0.29, 0.717) is 34.0 Å². The van der Waals surface area contributed by atoms with Crippen LogP contribution in [0.3, 0.4) is 0 Å². The molecule has 5 aliphatic rings. The Morgan fingerprint density at radius 3 is 2.20 bits per heavy atom. The highest BCUT2D eigenvalue weighted by Gasteiger charge is 2.63. The molecule has 5 rings (SSSR count). The van der Waals surface area contributed by atoms with Gasteiger partial charge in [0.25, 0.3) is 0 Å². The van der Waals surface area contributed by atoms with Crippen molar-refractivity contribution in [3.8, 4) is 0 Å². The molecule has 0 saturated heterocycles. The minimum absolute atomic E-state index is 0.00576. The molecule has 0 bridgehead atoms. The van der Waals surface area contributed by atoms with Gasteiger partial charge in [-0.05, 0) is 110 Å². The van der Waals surface area contributed by atoms with Crippen LogP contribution < -0.4 is 0 Å². The smallest absolute Gasteiger partial charge is 0.302 e. The quantitative estimate of drug-likeness (QED) is 0.306. The van der Waals surface area contributed by atoms with Crippen LogP contribution in [-0.2, 0) is 9.53 Å². The van der Waals surface area contributed by atoms with Crippen molar-refractivity contribution in [3.63, 3.8) is 0 Å². The molecule has 9 atom stereocenters. The molecule has 0 aliphatic heterocycles. The first-order chi connectivity index (χ1) is 16.2. The van der Waals surface area contributed by atoms with Crippen LogP contribution in [0.1, 0.15) is 120 Å². The lowest BCUT2D eigenvalue weighted by Gasteiger charge is -2.64. The van der Waals surface area contributed by atoms with E-state index >= 15 is 0 Å². The minimum atomic E-state index is -0.171. The standard InChI is InChI=1S/C32H52O3/c1-20(33)35-27-15-18-32(8)24(29(27,4)5)13-16-30(6)19-21-9-11-23-28(2,3)26(34)14-17-31(23,7)22(21)10-12-25(30)32/h9,22-27,34H,10-19H2,1-8H3/t22-,23-,24-,25-,26+,27-,30-,31+,32-/m0/s1. The summed E-state index contributed by atoms with van der Waals surface area (Å²) in [7, 11) is 0. The molecule has 0 aromatic heterocycles. The second-order valence-electron chi connectivity index (χ2n) is 15.5. The van der Waals surface area contributed by atoms with Crippen molar-refractivity contribution in [1.82, 2.24) is 0 Å². The maximum Gasteiger partial charge on any atom is 0.302 e. The summed E-state index contributed by atoms with van der Waals surface area (Å²) in [5, 5.41) is 10.9. The highest BCUT2D eigenvalue weighted by atomic mass is 16.5. The number of hydrogen-bond acceptors (Lipinski definition) is 3. The predicted octanol–water partition coefficient (Wildman–Crippen LogP) is 7.71. The summed E-state index contributed by atoms with van der Waals surface area (Å²) in [6.45, 7) is 18.8. The van der Waals surface area contributed by atoms with Crippen molar-refractivity contribution in [3.05, 3.63) is 11.6 Å². The molecule has 3 heteroatoms. The molecule has 35 heavy (non-hydrogen) atoms. The summed E-state index contributed by atoms with van der Waals surface area (Å²) < 4.78 is 5.90. The molecule has 3 nitrogen and oxygen atoms in total. The van der Waals surface area contributed by atoms with Crippen LogP contribution in [0.2, 0.25) is 0 Å². The van der Waals surface area contributed by atoms with Gasteiger partial charge in [0.05, 0.1) is 6.10 Å². The van der Waals surface area contributed by atoms with Gasteiger partial charge in [0.15, 0.2) is 0 Å². The second-order valence-corrected chi connectivity index (χ2v) is 15.5. The van der Waals surface area contributed by atoms with Gasteiger partial charge in [-0.2, -0.15) is 0 Å². The van der Waals surface area contributed by atoms with Crippen molar-refractivity contribution in [2.75, 3.05) is 0 Å². The molecule has 0 spiro atoms. The van der Waals surface area contributed by atoms with E-state index in [-0.39, 0.29) is 29.0 Å². The maximum absolute atomic E-state index is 11.9. The summed E-state index contributed by atoms with van der Waals surface area (Å²) in [6.07, 6.45) is 14.4. The zero-order chi connectivity index (χ0) is 25.6. The first-order valence-corrected chi connectivity index (χ1v) is 14.7. The molecular formula is C32H52O3. The van der Waals surface area contributed by atoms with Crippen LogP contribution >= 0.6 is 0 Å². The van der Waals surface area contributed by atoms with Crippen LogP contribution in [0, 0.1) is 50.7 Å². The zero-order valence-electron chi connectivity index (χ0n) is 23.9. The number of ether oxygens (including phenoxy) is 1. The molecule has 5 aliphatic carbocycles. The number of fused-ring (bicyclic) bond motifs is 6. The molecule has 4 fully saturated rings. The van der Waals surface area contributed by atoms with Crippen molar-refractivity contribution in [1.29, 1.82) is 0 Å². The average molecular weight is 485 g/mol. The molecule has 0 aromatic rings. The van der Waals surface area contributed by atoms with E-state index < -0.39 is 0 Å². The Kier molecular flexibility index (Phi) is 5.96. The van der Waals surface area contributed by atoms with Crippen molar-refractivity contribution in [2.45, 2.75) is 132 Å². The monoisotopic (exact) mass is 484 g/mol. The van der Waals surface area contributed by atoms with Gasteiger partial charge >= 0.3 is 5.97 Å². The van der Waals surface area contributed by atoms with Gasteiger partial charge in [0.1, 0.15) is 6.10 Å². The number of esters is 1. The Morgan fingerprint density at radius 1 is 0.829 bits per heavy atom. The lowest BCUT2D eigenvalue weighted by molar-refractivity contribution is -0.191. The number of allylic oxidation sites excluding steroid dienone is 2. The Bertz CT molecular complexity index is 900. The molecule has 1 N–H and O–H groups in total. The topological polar surface area (TPSA) is 46.5 Å². The fraction of sp³-hybridized carbons (Fsp3) is 0.906. The van der Waals surface area contributed by atoms with Gasteiger partial charge in [-0.15, -0.1) is 0 Å². The third-order valence-corrected chi connectivity index (χ3v) is 13.1. The number of aliphatic hydroxyl groups excluding tert-OH is 1. The van der Waals surface area contributed by atoms with Gasteiger partial charge < -0.3 is 9.84 Å². The van der Waals surface area contributed by atoms with Crippen LogP contribution in [0.5, 0.6) is 0 Å². The molecule has 198 valence electrons. The fourth-order valence-electron chi connectivity index (χ4n) is 11.3. The Labute approximate surface area is 214 Å². The fourth-order valence-corrected chi connectivity index (χ4v) is 11.3. The maximum atomic E-state index is 11.9. The highest BCUT2D eigenvalue weighted by molar-refractivity contribution is 5.66. The number of hydrogen-bond donors (Lipinski definition) is 1. The van der Waals surface area contributed by atoms with Crippen LogP contribution in [0.15, 0.2) is 11.6 Å². The van der Waals surface area contributed by atoms with Gasteiger partial charge in [-0.1, -0.05) is 60.1 Å². The number of rotatable bonds is 1. The molecular weight excluding hydrogens is 432 g/mol. The van der Waals surface area contributed by atoms with Crippen molar-refractivity contribution in [2.24, 2.45) is 50.7 Å². The van der Waals surface area contributed by atoms with Crippen LogP contribution in [0.25, 0.3) is 0 Å². The summed E-state index contributed by atoms with van der Waals surface area (Å²) in [4.78, 5) is 11.9. The highest BCUT2D eigenvalue weighted by Crippen LogP contribution is 2.70. The zero-order valence-corrected chi connectivity index (χ0v) is 23.9. The molecule has 4 saturated carbocycles. The summed E-state index contributed by atoms with van der Waals surface area (Å²) in [5.41, 5.74) is 2.76. The minimum Gasteiger partial charge on any atom is -0.462 e. The van der Waals surface area contributed by atoms with Gasteiger partial charge in [-0.3, -0.25) is 4.79 Å². The summed E-state index contributed by atoms with van der Waals surface area (Å²) >= 11 is 0. The first kappa shape index (κ1) is 25.8. The lowest BCUT2D eigenvalue weighted by atomic mass is 9.42. The Hall–Kier alpha value is -0.830. The second kappa shape index (κ2) is 8.08. The van der Waals surface area contributed by atoms with Gasteiger partial charge in [0, 0.05) is 12.3 Å². The molecule has 0 aromatic carbocycles. The Balaban J connectivity index is 1.47. The normalized spacial score (nSPS) is 50.4. The van der Waals surface area contributed by atoms with E-state index in [0.717, 1.165) is 25.2 Å².